The van der Waals surface area contributed by atoms with Crippen molar-refractivity contribution < 1.29 is 14.3 Å². The number of benzene rings is 1. The Morgan fingerprint density at radius 3 is 2.39 bits per heavy atom. The van der Waals surface area contributed by atoms with Gasteiger partial charge < -0.3 is 9.64 Å². The van der Waals surface area contributed by atoms with Gasteiger partial charge in [-0.05, 0) is 37.0 Å². The summed E-state index contributed by atoms with van der Waals surface area (Å²) >= 11 is 5.86. The molecule has 0 saturated carbocycles. The van der Waals surface area contributed by atoms with Crippen molar-refractivity contribution >= 4 is 23.5 Å². The fraction of sp³-hybridized carbons (Fsp3) is 0.556. The Kier molecular flexibility index (Phi) is 8.70. The minimum atomic E-state index is -0.263. The molecule has 5 heteroatoms. The molecule has 0 spiro atoms. The van der Waals surface area contributed by atoms with E-state index in [0.717, 1.165) is 12.0 Å². The van der Waals surface area contributed by atoms with Crippen molar-refractivity contribution in [2.24, 2.45) is 5.92 Å². The number of rotatable bonds is 9. The highest BCUT2D eigenvalue weighted by Crippen LogP contribution is 2.12. The molecule has 1 aromatic rings. The Morgan fingerprint density at radius 2 is 1.83 bits per heavy atom. The molecule has 0 N–H and O–H groups in total. The van der Waals surface area contributed by atoms with Crippen LogP contribution in [-0.4, -0.2) is 36.5 Å². The predicted molar refractivity (Wildman–Crippen MR) is 92.4 cm³/mol. The van der Waals surface area contributed by atoms with Crippen LogP contribution in [0.1, 0.15) is 39.2 Å². The normalized spacial score (nSPS) is 10.7. The van der Waals surface area contributed by atoms with Gasteiger partial charge >= 0.3 is 5.97 Å². The number of nitrogens with zero attached hydrogens (tertiary/aromatic N) is 1. The SMILES string of the molecule is CCOC(=O)CCN(CCC(C)C)C(=O)Cc1ccc(Cl)cc1. The van der Waals surface area contributed by atoms with Crippen molar-refractivity contribution in [1.29, 1.82) is 0 Å². The summed E-state index contributed by atoms with van der Waals surface area (Å²) in [5.74, 6) is 0.266. The van der Waals surface area contributed by atoms with Crippen LogP contribution in [0.2, 0.25) is 5.02 Å². The van der Waals surface area contributed by atoms with Crippen LogP contribution in [0.3, 0.4) is 0 Å². The standard InChI is InChI=1S/C18H26ClNO3/c1-4-23-18(22)10-12-20(11-9-14(2)3)17(21)13-15-5-7-16(19)8-6-15/h5-8,14H,4,9-13H2,1-3H3. The Hall–Kier alpha value is -1.55. The molecule has 0 fully saturated rings. The molecule has 0 heterocycles. The molecule has 0 bridgehead atoms. The van der Waals surface area contributed by atoms with Gasteiger partial charge in [-0.2, -0.15) is 0 Å². The third kappa shape index (κ3) is 8.03. The summed E-state index contributed by atoms with van der Waals surface area (Å²) < 4.78 is 4.94. The van der Waals surface area contributed by atoms with E-state index >= 15 is 0 Å². The van der Waals surface area contributed by atoms with Gasteiger partial charge in [0.05, 0.1) is 19.4 Å². The molecule has 0 aromatic heterocycles. The minimum absolute atomic E-state index is 0.0253. The quantitative estimate of drug-likeness (QED) is 0.644. The zero-order valence-electron chi connectivity index (χ0n) is 14.2. The fourth-order valence-electron chi connectivity index (χ4n) is 2.12. The van der Waals surface area contributed by atoms with Gasteiger partial charge in [0.1, 0.15) is 0 Å². The topological polar surface area (TPSA) is 46.6 Å². The number of amides is 1. The third-order valence-electron chi connectivity index (χ3n) is 3.49. The molecule has 23 heavy (non-hydrogen) atoms. The zero-order chi connectivity index (χ0) is 17.2. The molecule has 0 radical (unpaired) electrons. The summed E-state index contributed by atoms with van der Waals surface area (Å²) in [6.07, 6.45) is 1.46. The summed E-state index contributed by atoms with van der Waals surface area (Å²) in [5, 5.41) is 0.653. The van der Waals surface area contributed by atoms with Crippen LogP contribution in [0.5, 0.6) is 0 Å². The van der Waals surface area contributed by atoms with Crippen molar-refractivity contribution in [3.8, 4) is 0 Å². The van der Waals surface area contributed by atoms with Gasteiger partial charge in [0.25, 0.3) is 0 Å². The van der Waals surface area contributed by atoms with Crippen molar-refractivity contribution in [2.45, 2.75) is 40.0 Å². The fourth-order valence-corrected chi connectivity index (χ4v) is 2.25. The highest BCUT2D eigenvalue weighted by Gasteiger charge is 2.16. The van der Waals surface area contributed by atoms with Gasteiger partial charge in [0.2, 0.25) is 5.91 Å². The Bertz CT molecular complexity index is 499. The molecule has 128 valence electrons. The Morgan fingerprint density at radius 1 is 1.17 bits per heavy atom. The van der Waals surface area contributed by atoms with Crippen LogP contribution in [0, 0.1) is 5.92 Å². The number of carbonyl (C=O) groups is 2. The van der Waals surface area contributed by atoms with E-state index < -0.39 is 0 Å². The van der Waals surface area contributed by atoms with Crippen molar-refractivity contribution in [1.82, 2.24) is 4.90 Å². The molecule has 0 unspecified atom stereocenters. The first kappa shape index (κ1) is 19.5. The summed E-state index contributed by atoms with van der Waals surface area (Å²) in [7, 11) is 0. The predicted octanol–water partition coefficient (Wildman–Crippen LogP) is 3.71. The molecule has 1 rings (SSSR count). The first-order valence-corrected chi connectivity index (χ1v) is 8.48. The van der Waals surface area contributed by atoms with Crippen molar-refractivity contribution in [3.63, 3.8) is 0 Å². The summed E-state index contributed by atoms with van der Waals surface area (Å²) in [5.41, 5.74) is 0.921. The van der Waals surface area contributed by atoms with E-state index in [1.54, 1.807) is 24.0 Å². The second kappa shape index (κ2) is 10.3. The van der Waals surface area contributed by atoms with Gasteiger partial charge in [-0.25, -0.2) is 0 Å². The summed E-state index contributed by atoms with van der Waals surface area (Å²) in [6.45, 7) is 7.44. The van der Waals surface area contributed by atoms with Crippen LogP contribution < -0.4 is 0 Å². The zero-order valence-corrected chi connectivity index (χ0v) is 14.9. The van der Waals surface area contributed by atoms with E-state index in [2.05, 4.69) is 13.8 Å². The van der Waals surface area contributed by atoms with Gasteiger partial charge in [0.15, 0.2) is 0 Å². The lowest BCUT2D eigenvalue weighted by atomic mass is 10.1. The van der Waals surface area contributed by atoms with E-state index in [9.17, 15) is 9.59 Å². The average Bonchev–Trinajstić information content (AvgIpc) is 2.49. The molecule has 0 aliphatic heterocycles. The maximum atomic E-state index is 12.5. The number of ether oxygens (including phenoxy) is 1. The van der Waals surface area contributed by atoms with Crippen LogP contribution in [0.25, 0.3) is 0 Å². The smallest absolute Gasteiger partial charge is 0.307 e. The maximum Gasteiger partial charge on any atom is 0.307 e. The van der Waals surface area contributed by atoms with Crippen molar-refractivity contribution in [3.05, 3.63) is 34.9 Å². The number of esters is 1. The maximum absolute atomic E-state index is 12.5. The van der Waals surface area contributed by atoms with Crippen LogP contribution in [-0.2, 0) is 20.7 Å². The van der Waals surface area contributed by atoms with Gasteiger partial charge in [-0.15, -0.1) is 0 Å². The van der Waals surface area contributed by atoms with Crippen LogP contribution >= 0.6 is 11.6 Å². The number of hydrogen-bond acceptors (Lipinski definition) is 3. The molecule has 1 aromatic carbocycles. The number of carbonyl (C=O) groups excluding carboxylic acids is 2. The molecule has 1 amide bonds. The van der Waals surface area contributed by atoms with E-state index in [4.69, 9.17) is 16.3 Å². The molecule has 4 nitrogen and oxygen atoms in total. The van der Waals surface area contributed by atoms with Gasteiger partial charge in [-0.3, -0.25) is 9.59 Å². The van der Waals surface area contributed by atoms with Gasteiger partial charge in [-0.1, -0.05) is 37.6 Å². The largest absolute Gasteiger partial charge is 0.466 e. The second-order valence-corrected chi connectivity index (χ2v) is 6.36. The molecule has 0 aliphatic rings. The molecular weight excluding hydrogens is 314 g/mol. The average molecular weight is 340 g/mol. The molecule has 0 saturated heterocycles. The van der Waals surface area contributed by atoms with E-state index in [1.807, 2.05) is 12.1 Å². The summed E-state index contributed by atoms with van der Waals surface area (Å²) in [6, 6.07) is 7.26. The molecule has 0 aliphatic carbocycles. The highest BCUT2D eigenvalue weighted by atomic mass is 35.5. The lowest BCUT2D eigenvalue weighted by Crippen LogP contribution is -2.35. The monoisotopic (exact) mass is 339 g/mol. The van der Waals surface area contributed by atoms with E-state index in [-0.39, 0.29) is 18.3 Å². The van der Waals surface area contributed by atoms with Crippen LogP contribution in [0.4, 0.5) is 0 Å². The Balaban J connectivity index is 2.63. The second-order valence-electron chi connectivity index (χ2n) is 5.92. The summed E-state index contributed by atoms with van der Waals surface area (Å²) in [4.78, 5) is 25.8. The lowest BCUT2D eigenvalue weighted by molar-refractivity contribution is -0.144. The lowest BCUT2D eigenvalue weighted by Gasteiger charge is -2.23. The third-order valence-corrected chi connectivity index (χ3v) is 3.74. The number of halogens is 1. The Labute approximate surface area is 143 Å². The van der Waals surface area contributed by atoms with Gasteiger partial charge in [0, 0.05) is 18.1 Å². The first-order valence-electron chi connectivity index (χ1n) is 8.10. The molecular formula is C18H26ClNO3. The van der Waals surface area contributed by atoms with Crippen molar-refractivity contribution in [2.75, 3.05) is 19.7 Å². The van der Waals surface area contributed by atoms with Crippen LogP contribution in [0.15, 0.2) is 24.3 Å². The highest BCUT2D eigenvalue weighted by molar-refractivity contribution is 6.30. The number of hydrogen-bond donors (Lipinski definition) is 0. The first-order chi connectivity index (χ1) is 10.9. The van der Waals surface area contributed by atoms with E-state index in [0.29, 0.717) is 37.1 Å². The molecule has 0 atom stereocenters. The van der Waals surface area contributed by atoms with E-state index in [1.165, 1.54) is 0 Å². The minimum Gasteiger partial charge on any atom is -0.466 e.